The highest BCUT2D eigenvalue weighted by Gasteiger charge is 2.31. The van der Waals surface area contributed by atoms with Crippen molar-refractivity contribution in [2.24, 2.45) is 5.92 Å². The highest BCUT2D eigenvalue weighted by Crippen LogP contribution is 2.26. The first-order valence-corrected chi connectivity index (χ1v) is 15.2. The SMILES string of the molecule is Cc1ccccc1CS(=O)(=O)N1CCC(C(=O)Nc2ccc(S(=O)(=O)Nc3ccccc3Cl)cc2)CC1. The Hall–Kier alpha value is -2.92. The van der Waals surface area contributed by atoms with Crippen LogP contribution in [-0.4, -0.2) is 40.1 Å². The van der Waals surface area contributed by atoms with E-state index in [-0.39, 0.29) is 46.3 Å². The fraction of sp³-hybridized carbons (Fsp3) is 0.269. The van der Waals surface area contributed by atoms with Gasteiger partial charge in [0.1, 0.15) is 0 Å². The van der Waals surface area contributed by atoms with Gasteiger partial charge in [-0.05, 0) is 67.3 Å². The predicted molar refractivity (Wildman–Crippen MR) is 145 cm³/mol. The molecule has 0 spiro atoms. The van der Waals surface area contributed by atoms with Gasteiger partial charge in [0.2, 0.25) is 15.9 Å². The lowest BCUT2D eigenvalue weighted by molar-refractivity contribution is -0.120. The van der Waals surface area contributed by atoms with E-state index in [2.05, 4.69) is 10.0 Å². The highest BCUT2D eigenvalue weighted by atomic mass is 35.5. The standard InChI is InChI=1S/C26H28ClN3O5S2/c1-19-6-2-3-7-21(19)18-36(32,33)30-16-14-20(15-17-30)26(31)28-22-10-12-23(13-11-22)37(34,35)29-25-9-5-4-8-24(25)27/h2-13,20,29H,14-18H2,1H3,(H,28,31). The van der Waals surface area contributed by atoms with E-state index in [0.29, 0.717) is 18.5 Å². The molecule has 11 heteroatoms. The molecule has 0 saturated carbocycles. The van der Waals surface area contributed by atoms with Crippen LogP contribution in [-0.2, 0) is 30.6 Å². The Balaban J connectivity index is 1.32. The maximum Gasteiger partial charge on any atom is 0.261 e. The summed E-state index contributed by atoms with van der Waals surface area (Å²) in [5, 5.41) is 3.09. The zero-order chi connectivity index (χ0) is 26.6. The molecule has 2 N–H and O–H groups in total. The molecule has 0 bridgehead atoms. The number of hydrogen-bond donors (Lipinski definition) is 2. The maximum atomic E-state index is 12.9. The number of carbonyl (C=O) groups is 1. The second-order valence-electron chi connectivity index (χ2n) is 8.96. The summed E-state index contributed by atoms with van der Waals surface area (Å²) < 4.78 is 55.0. The van der Waals surface area contributed by atoms with Gasteiger partial charge in [-0.15, -0.1) is 0 Å². The smallest absolute Gasteiger partial charge is 0.261 e. The second kappa shape index (κ2) is 11.2. The quantitative estimate of drug-likeness (QED) is 0.416. The van der Waals surface area contributed by atoms with Gasteiger partial charge >= 0.3 is 0 Å². The van der Waals surface area contributed by atoms with Crippen LogP contribution >= 0.6 is 11.6 Å². The molecule has 196 valence electrons. The van der Waals surface area contributed by atoms with E-state index in [1.54, 1.807) is 24.3 Å². The van der Waals surface area contributed by atoms with E-state index in [0.717, 1.165) is 11.1 Å². The molecule has 0 unspecified atom stereocenters. The van der Waals surface area contributed by atoms with Crippen molar-refractivity contribution < 1.29 is 21.6 Å². The van der Waals surface area contributed by atoms with Crippen LogP contribution in [0, 0.1) is 12.8 Å². The van der Waals surface area contributed by atoms with Gasteiger partial charge < -0.3 is 5.32 Å². The third-order valence-corrected chi connectivity index (χ3v) is 9.91. The average molecular weight is 562 g/mol. The lowest BCUT2D eigenvalue weighted by Crippen LogP contribution is -2.41. The summed E-state index contributed by atoms with van der Waals surface area (Å²) in [6, 6.07) is 19.8. The molecule has 37 heavy (non-hydrogen) atoms. The topological polar surface area (TPSA) is 113 Å². The Morgan fingerprint density at radius 1 is 0.919 bits per heavy atom. The third-order valence-electron chi connectivity index (χ3n) is 6.37. The van der Waals surface area contributed by atoms with Crippen molar-refractivity contribution in [2.75, 3.05) is 23.1 Å². The minimum atomic E-state index is -3.86. The number of hydrogen-bond acceptors (Lipinski definition) is 5. The number of carbonyl (C=O) groups excluding carboxylic acids is 1. The maximum absolute atomic E-state index is 12.9. The molecule has 0 aliphatic carbocycles. The number of para-hydroxylation sites is 1. The molecule has 3 aromatic rings. The van der Waals surface area contributed by atoms with E-state index in [1.807, 2.05) is 31.2 Å². The molecule has 1 aliphatic rings. The molecule has 1 saturated heterocycles. The van der Waals surface area contributed by atoms with Gasteiger partial charge in [-0.2, -0.15) is 0 Å². The van der Waals surface area contributed by atoms with Crippen LogP contribution in [0.25, 0.3) is 0 Å². The zero-order valence-electron chi connectivity index (χ0n) is 20.2. The predicted octanol–water partition coefficient (Wildman–Crippen LogP) is 4.63. The molecule has 1 aliphatic heterocycles. The molecule has 4 rings (SSSR count). The lowest BCUT2D eigenvalue weighted by atomic mass is 9.97. The summed E-state index contributed by atoms with van der Waals surface area (Å²) in [6.07, 6.45) is 0.820. The molecule has 0 atom stereocenters. The first-order valence-electron chi connectivity index (χ1n) is 11.8. The molecule has 3 aromatic carbocycles. The number of sulfonamides is 2. The van der Waals surface area contributed by atoms with Crippen LogP contribution in [0.15, 0.2) is 77.7 Å². The van der Waals surface area contributed by atoms with E-state index < -0.39 is 20.0 Å². The summed E-state index contributed by atoms with van der Waals surface area (Å²) in [4.78, 5) is 12.8. The van der Waals surface area contributed by atoms with Crippen LogP contribution < -0.4 is 10.0 Å². The number of nitrogens with one attached hydrogen (secondary N) is 2. The van der Waals surface area contributed by atoms with Gasteiger partial charge in [0.05, 0.1) is 21.4 Å². The number of piperidine rings is 1. The number of rotatable bonds is 8. The van der Waals surface area contributed by atoms with Crippen molar-refractivity contribution in [1.29, 1.82) is 0 Å². The molecule has 0 aromatic heterocycles. The van der Waals surface area contributed by atoms with Gasteiger partial charge in [0.15, 0.2) is 0 Å². The van der Waals surface area contributed by atoms with Crippen molar-refractivity contribution in [3.8, 4) is 0 Å². The van der Waals surface area contributed by atoms with Crippen LogP contribution in [0.3, 0.4) is 0 Å². The van der Waals surface area contributed by atoms with Crippen molar-refractivity contribution in [3.63, 3.8) is 0 Å². The second-order valence-corrected chi connectivity index (χ2v) is 13.0. The number of aryl methyl sites for hydroxylation is 1. The van der Waals surface area contributed by atoms with Crippen LogP contribution in [0.4, 0.5) is 11.4 Å². The van der Waals surface area contributed by atoms with E-state index in [9.17, 15) is 21.6 Å². The zero-order valence-corrected chi connectivity index (χ0v) is 22.6. The Morgan fingerprint density at radius 3 is 2.19 bits per heavy atom. The van der Waals surface area contributed by atoms with Crippen LogP contribution in [0.5, 0.6) is 0 Å². The van der Waals surface area contributed by atoms with E-state index >= 15 is 0 Å². The van der Waals surface area contributed by atoms with Crippen LogP contribution in [0.2, 0.25) is 5.02 Å². The Labute approximate surface area is 222 Å². The summed E-state index contributed by atoms with van der Waals surface area (Å²) in [5.74, 6) is -0.618. The van der Waals surface area contributed by atoms with Crippen molar-refractivity contribution >= 4 is 48.9 Å². The molecular formula is C26H28ClN3O5S2. The fourth-order valence-electron chi connectivity index (χ4n) is 4.17. The summed E-state index contributed by atoms with van der Waals surface area (Å²) >= 11 is 6.04. The molecular weight excluding hydrogens is 534 g/mol. The van der Waals surface area contributed by atoms with E-state index in [1.165, 1.54) is 28.6 Å². The number of anilines is 2. The first-order chi connectivity index (χ1) is 17.5. The molecule has 1 fully saturated rings. The highest BCUT2D eigenvalue weighted by molar-refractivity contribution is 7.92. The lowest BCUT2D eigenvalue weighted by Gasteiger charge is -2.30. The van der Waals surface area contributed by atoms with Crippen molar-refractivity contribution in [3.05, 3.63) is 88.9 Å². The average Bonchev–Trinajstić information content (AvgIpc) is 2.87. The van der Waals surface area contributed by atoms with Crippen molar-refractivity contribution in [1.82, 2.24) is 4.31 Å². The normalized spacial score (nSPS) is 15.3. The molecule has 8 nitrogen and oxygen atoms in total. The molecule has 0 radical (unpaired) electrons. The van der Waals surface area contributed by atoms with Gasteiger partial charge in [0, 0.05) is 24.7 Å². The summed E-state index contributed by atoms with van der Waals surface area (Å²) in [5.41, 5.74) is 2.43. The summed E-state index contributed by atoms with van der Waals surface area (Å²) in [6.45, 7) is 2.44. The van der Waals surface area contributed by atoms with Gasteiger partial charge in [-0.25, -0.2) is 21.1 Å². The molecule has 1 heterocycles. The number of benzene rings is 3. The van der Waals surface area contributed by atoms with Crippen LogP contribution in [0.1, 0.15) is 24.0 Å². The Bertz CT molecular complexity index is 1480. The summed E-state index contributed by atoms with van der Waals surface area (Å²) in [7, 11) is -7.34. The monoisotopic (exact) mass is 561 g/mol. The minimum Gasteiger partial charge on any atom is -0.326 e. The minimum absolute atomic E-state index is 0.0255. The van der Waals surface area contributed by atoms with Gasteiger partial charge in [-0.3, -0.25) is 9.52 Å². The first kappa shape index (κ1) is 27.1. The molecule has 1 amide bonds. The number of nitrogens with zero attached hydrogens (tertiary/aromatic N) is 1. The van der Waals surface area contributed by atoms with Gasteiger partial charge in [-0.1, -0.05) is 48.0 Å². The van der Waals surface area contributed by atoms with Crippen molar-refractivity contribution in [2.45, 2.75) is 30.4 Å². The largest absolute Gasteiger partial charge is 0.326 e. The Morgan fingerprint density at radius 2 is 1.54 bits per heavy atom. The number of amides is 1. The Kier molecular flexibility index (Phi) is 8.23. The third kappa shape index (κ3) is 6.70. The van der Waals surface area contributed by atoms with E-state index in [4.69, 9.17) is 11.6 Å². The number of halogens is 1. The fourth-order valence-corrected chi connectivity index (χ4v) is 7.15. The van der Waals surface area contributed by atoms with Gasteiger partial charge in [0.25, 0.3) is 10.0 Å².